The Hall–Kier alpha value is -2.22. The second kappa shape index (κ2) is 4.74. The van der Waals surface area contributed by atoms with E-state index < -0.39 is 0 Å². The Kier molecular flexibility index (Phi) is 3.15. The molecule has 1 aliphatic heterocycles. The van der Waals surface area contributed by atoms with Gasteiger partial charge in [-0.2, -0.15) is 5.26 Å². The Balaban J connectivity index is 2.13. The Morgan fingerprint density at radius 3 is 2.88 bits per heavy atom. The van der Waals surface area contributed by atoms with Crippen LogP contribution in [0.3, 0.4) is 0 Å². The predicted molar refractivity (Wildman–Crippen MR) is 59.1 cm³/mol. The summed E-state index contributed by atoms with van der Waals surface area (Å²) in [6, 6.07) is 5.00. The quantitative estimate of drug-likeness (QED) is 0.712. The number of ketones is 1. The lowest BCUT2D eigenvalue weighted by molar-refractivity contribution is -0.121. The second-order valence-electron chi connectivity index (χ2n) is 3.91. The SMILES string of the molecule is N#Cc1ccc(C(=O)N2CCCC(=O)C2)nc1. The van der Waals surface area contributed by atoms with Gasteiger partial charge in [-0.15, -0.1) is 0 Å². The highest BCUT2D eigenvalue weighted by atomic mass is 16.2. The highest BCUT2D eigenvalue weighted by Gasteiger charge is 2.23. The molecule has 2 rings (SSSR count). The van der Waals surface area contributed by atoms with E-state index in [1.165, 1.54) is 17.2 Å². The zero-order chi connectivity index (χ0) is 12.3. The molecule has 1 fully saturated rings. The highest BCUT2D eigenvalue weighted by Crippen LogP contribution is 2.10. The lowest BCUT2D eigenvalue weighted by Gasteiger charge is -2.25. The second-order valence-corrected chi connectivity index (χ2v) is 3.91. The van der Waals surface area contributed by atoms with Crippen molar-refractivity contribution in [3.05, 3.63) is 29.6 Å². The van der Waals surface area contributed by atoms with Crippen LogP contribution in [0.5, 0.6) is 0 Å². The van der Waals surface area contributed by atoms with Crippen molar-refractivity contribution in [1.82, 2.24) is 9.88 Å². The minimum Gasteiger partial charge on any atom is -0.330 e. The molecular formula is C12H11N3O2. The first-order valence-corrected chi connectivity index (χ1v) is 5.38. The summed E-state index contributed by atoms with van der Waals surface area (Å²) in [5, 5.41) is 8.62. The van der Waals surface area contributed by atoms with Gasteiger partial charge in [-0.25, -0.2) is 4.98 Å². The van der Waals surface area contributed by atoms with E-state index in [0.29, 0.717) is 24.9 Å². The van der Waals surface area contributed by atoms with Crippen molar-refractivity contribution in [1.29, 1.82) is 5.26 Å². The summed E-state index contributed by atoms with van der Waals surface area (Å²) >= 11 is 0. The Labute approximate surface area is 98.7 Å². The Bertz CT molecular complexity index is 487. The summed E-state index contributed by atoms with van der Waals surface area (Å²) in [6.07, 6.45) is 2.62. The van der Waals surface area contributed by atoms with Gasteiger partial charge < -0.3 is 4.90 Å². The number of Topliss-reactive ketones (excluding diaryl/α,β-unsaturated/α-hetero) is 1. The fourth-order valence-electron chi connectivity index (χ4n) is 1.76. The molecule has 5 nitrogen and oxygen atoms in total. The molecule has 1 amide bonds. The summed E-state index contributed by atoms with van der Waals surface area (Å²) < 4.78 is 0. The lowest BCUT2D eigenvalue weighted by Crippen LogP contribution is -2.40. The highest BCUT2D eigenvalue weighted by molar-refractivity contribution is 5.95. The number of carbonyl (C=O) groups excluding carboxylic acids is 2. The average molecular weight is 229 g/mol. The van der Waals surface area contributed by atoms with Crippen LogP contribution in [0.1, 0.15) is 28.9 Å². The van der Waals surface area contributed by atoms with Crippen LogP contribution in [0.25, 0.3) is 0 Å². The van der Waals surface area contributed by atoms with Gasteiger partial charge in [0.15, 0.2) is 5.78 Å². The van der Waals surface area contributed by atoms with Crippen LogP contribution in [0.4, 0.5) is 0 Å². The number of hydrogen-bond donors (Lipinski definition) is 0. The third-order valence-corrected chi connectivity index (χ3v) is 2.65. The van der Waals surface area contributed by atoms with Gasteiger partial charge in [0.25, 0.3) is 5.91 Å². The van der Waals surface area contributed by atoms with E-state index in [9.17, 15) is 9.59 Å². The molecule has 0 spiro atoms. The summed E-state index contributed by atoms with van der Waals surface area (Å²) in [7, 11) is 0. The van der Waals surface area contributed by atoms with Gasteiger partial charge in [-0.1, -0.05) is 0 Å². The summed E-state index contributed by atoms with van der Waals surface area (Å²) in [4.78, 5) is 28.7. The molecule has 0 aromatic carbocycles. The van der Waals surface area contributed by atoms with Crippen LogP contribution in [0, 0.1) is 11.3 Å². The molecule has 0 N–H and O–H groups in total. The number of piperidine rings is 1. The molecule has 17 heavy (non-hydrogen) atoms. The van der Waals surface area contributed by atoms with E-state index in [-0.39, 0.29) is 23.9 Å². The minimum atomic E-state index is -0.248. The molecule has 86 valence electrons. The molecule has 1 aromatic rings. The van der Waals surface area contributed by atoms with Crippen LogP contribution in [0.15, 0.2) is 18.3 Å². The number of nitrogens with zero attached hydrogens (tertiary/aromatic N) is 3. The maximum absolute atomic E-state index is 12.0. The molecule has 1 aromatic heterocycles. The first kappa shape index (κ1) is 11.3. The third-order valence-electron chi connectivity index (χ3n) is 2.65. The molecule has 0 saturated carbocycles. The van der Waals surface area contributed by atoms with Crippen molar-refractivity contribution >= 4 is 11.7 Å². The van der Waals surface area contributed by atoms with Crippen molar-refractivity contribution in [2.24, 2.45) is 0 Å². The predicted octanol–water partition coefficient (Wildman–Crippen LogP) is 0.758. The molecule has 2 heterocycles. The number of nitriles is 1. The van der Waals surface area contributed by atoms with Crippen LogP contribution in [-0.4, -0.2) is 34.7 Å². The van der Waals surface area contributed by atoms with Crippen molar-refractivity contribution in [2.75, 3.05) is 13.1 Å². The third kappa shape index (κ3) is 2.48. The van der Waals surface area contributed by atoms with E-state index >= 15 is 0 Å². The fourth-order valence-corrected chi connectivity index (χ4v) is 1.76. The topological polar surface area (TPSA) is 74.1 Å². The van der Waals surface area contributed by atoms with E-state index in [4.69, 9.17) is 5.26 Å². The maximum atomic E-state index is 12.0. The van der Waals surface area contributed by atoms with Crippen LogP contribution in [-0.2, 0) is 4.79 Å². The molecule has 0 atom stereocenters. The fraction of sp³-hybridized carbons (Fsp3) is 0.333. The van der Waals surface area contributed by atoms with Gasteiger partial charge in [0.2, 0.25) is 0 Å². The first-order valence-electron chi connectivity index (χ1n) is 5.38. The van der Waals surface area contributed by atoms with Gasteiger partial charge in [-0.05, 0) is 18.6 Å². The van der Waals surface area contributed by atoms with Crippen molar-refractivity contribution in [2.45, 2.75) is 12.8 Å². The number of hydrogen-bond acceptors (Lipinski definition) is 4. The smallest absolute Gasteiger partial charge is 0.272 e. The van der Waals surface area contributed by atoms with Crippen molar-refractivity contribution in [3.8, 4) is 6.07 Å². The minimum absolute atomic E-state index is 0.0817. The number of likely N-dealkylation sites (tertiary alicyclic amines) is 1. The molecule has 1 saturated heterocycles. The van der Waals surface area contributed by atoms with Gasteiger partial charge in [0, 0.05) is 19.2 Å². The zero-order valence-electron chi connectivity index (χ0n) is 9.22. The summed E-state index contributed by atoms with van der Waals surface area (Å²) in [6.45, 7) is 0.757. The molecule has 0 unspecified atom stereocenters. The Morgan fingerprint density at radius 2 is 2.29 bits per heavy atom. The van der Waals surface area contributed by atoms with Crippen molar-refractivity contribution in [3.63, 3.8) is 0 Å². The number of rotatable bonds is 1. The van der Waals surface area contributed by atoms with Crippen LogP contribution in [0.2, 0.25) is 0 Å². The average Bonchev–Trinajstić information content (AvgIpc) is 2.38. The van der Waals surface area contributed by atoms with Gasteiger partial charge in [0.05, 0.1) is 12.1 Å². The van der Waals surface area contributed by atoms with Gasteiger partial charge in [0.1, 0.15) is 11.8 Å². The molecule has 5 heteroatoms. The number of pyridine rings is 1. The number of aromatic nitrogens is 1. The molecule has 0 radical (unpaired) electrons. The normalized spacial score (nSPS) is 15.5. The summed E-state index contributed by atoms with van der Waals surface area (Å²) in [5.74, 6) is -0.166. The monoisotopic (exact) mass is 229 g/mol. The Morgan fingerprint density at radius 1 is 1.47 bits per heavy atom. The van der Waals surface area contributed by atoms with Crippen LogP contribution < -0.4 is 0 Å². The number of amides is 1. The zero-order valence-corrected chi connectivity index (χ0v) is 9.22. The molecule has 1 aliphatic rings. The first-order chi connectivity index (χ1) is 8.20. The number of carbonyl (C=O) groups is 2. The molecule has 0 bridgehead atoms. The lowest BCUT2D eigenvalue weighted by atomic mass is 10.1. The summed E-state index contributed by atoms with van der Waals surface area (Å²) in [5.41, 5.74) is 0.690. The largest absolute Gasteiger partial charge is 0.330 e. The van der Waals surface area contributed by atoms with Gasteiger partial charge >= 0.3 is 0 Å². The van der Waals surface area contributed by atoms with Crippen LogP contribution >= 0.6 is 0 Å². The molecule has 0 aliphatic carbocycles. The standard InChI is InChI=1S/C12H11N3O2/c13-6-9-3-4-11(14-7-9)12(17)15-5-1-2-10(16)8-15/h3-4,7H,1-2,5,8H2. The van der Waals surface area contributed by atoms with E-state index in [2.05, 4.69) is 4.98 Å². The van der Waals surface area contributed by atoms with Gasteiger partial charge in [-0.3, -0.25) is 9.59 Å². The molecular weight excluding hydrogens is 218 g/mol. The maximum Gasteiger partial charge on any atom is 0.272 e. The van der Waals surface area contributed by atoms with E-state index in [0.717, 1.165) is 0 Å². The van der Waals surface area contributed by atoms with E-state index in [1.807, 2.05) is 6.07 Å². The van der Waals surface area contributed by atoms with E-state index in [1.54, 1.807) is 6.07 Å². The van der Waals surface area contributed by atoms with Crippen molar-refractivity contribution < 1.29 is 9.59 Å².